The zero-order valence-corrected chi connectivity index (χ0v) is 16.7. The quantitative estimate of drug-likeness (QED) is 0.664. The van der Waals surface area contributed by atoms with Crippen LogP contribution in [0.3, 0.4) is 0 Å². The SMILES string of the molecule is CS(=O)c1cccnc1C(C)(C)Nc1ncc(-c2cccc(C(N)=O)c2)cn1. The highest BCUT2D eigenvalue weighted by molar-refractivity contribution is 7.84. The summed E-state index contributed by atoms with van der Waals surface area (Å²) in [5, 5.41) is 3.24. The van der Waals surface area contributed by atoms with Crippen LogP contribution in [0, 0.1) is 0 Å². The lowest BCUT2D eigenvalue weighted by Crippen LogP contribution is -2.31. The topological polar surface area (TPSA) is 111 Å². The molecule has 0 aliphatic rings. The van der Waals surface area contributed by atoms with Gasteiger partial charge in [0.05, 0.1) is 26.9 Å². The summed E-state index contributed by atoms with van der Waals surface area (Å²) in [5.41, 5.74) is 7.38. The summed E-state index contributed by atoms with van der Waals surface area (Å²) in [6.45, 7) is 3.86. The van der Waals surface area contributed by atoms with Crippen molar-refractivity contribution in [1.29, 1.82) is 0 Å². The minimum absolute atomic E-state index is 0.415. The first kappa shape index (κ1) is 19.6. The number of amides is 1. The van der Waals surface area contributed by atoms with Crippen molar-refractivity contribution in [3.63, 3.8) is 0 Å². The fourth-order valence-corrected chi connectivity index (χ4v) is 3.67. The molecule has 1 amide bonds. The molecular weight excluding hydrogens is 374 g/mol. The van der Waals surface area contributed by atoms with E-state index in [0.29, 0.717) is 22.1 Å². The van der Waals surface area contributed by atoms with Crippen LogP contribution < -0.4 is 11.1 Å². The molecule has 28 heavy (non-hydrogen) atoms. The normalized spacial score (nSPS) is 12.4. The molecule has 1 unspecified atom stereocenters. The lowest BCUT2D eigenvalue weighted by molar-refractivity contribution is 0.100. The van der Waals surface area contributed by atoms with Crippen molar-refractivity contribution in [2.24, 2.45) is 5.73 Å². The number of nitrogens with zero attached hydrogens (tertiary/aromatic N) is 3. The van der Waals surface area contributed by atoms with Crippen LogP contribution in [0.4, 0.5) is 5.95 Å². The average molecular weight is 395 g/mol. The Hall–Kier alpha value is -3.13. The molecule has 0 aliphatic heterocycles. The highest BCUT2D eigenvalue weighted by atomic mass is 32.2. The summed E-state index contributed by atoms with van der Waals surface area (Å²) >= 11 is 0. The number of rotatable bonds is 6. The van der Waals surface area contributed by atoms with Crippen molar-refractivity contribution in [2.75, 3.05) is 11.6 Å². The van der Waals surface area contributed by atoms with Crippen molar-refractivity contribution in [2.45, 2.75) is 24.3 Å². The van der Waals surface area contributed by atoms with Gasteiger partial charge in [-0.25, -0.2) is 9.97 Å². The molecule has 144 valence electrons. The van der Waals surface area contributed by atoms with E-state index in [0.717, 1.165) is 11.1 Å². The minimum atomic E-state index is -1.16. The molecule has 0 bridgehead atoms. The third-order valence-corrected chi connectivity index (χ3v) is 5.18. The van der Waals surface area contributed by atoms with Crippen LogP contribution in [0.5, 0.6) is 0 Å². The fourth-order valence-electron chi connectivity index (χ4n) is 2.82. The van der Waals surface area contributed by atoms with E-state index in [9.17, 15) is 9.00 Å². The molecule has 1 atom stereocenters. The number of nitrogens with two attached hydrogens (primary N) is 1. The summed E-state index contributed by atoms with van der Waals surface area (Å²) in [5.74, 6) is -0.0689. The number of carbonyl (C=O) groups excluding carboxylic acids is 1. The minimum Gasteiger partial charge on any atom is -0.366 e. The number of aromatic nitrogens is 3. The highest BCUT2D eigenvalue weighted by Crippen LogP contribution is 2.27. The maximum atomic E-state index is 12.0. The van der Waals surface area contributed by atoms with Crippen LogP contribution >= 0.6 is 0 Å². The van der Waals surface area contributed by atoms with Gasteiger partial charge in [0, 0.05) is 36.0 Å². The zero-order chi connectivity index (χ0) is 20.3. The Labute approximate surface area is 165 Å². The van der Waals surface area contributed by atoms with E-state index in [1.165, 1.54) is 0 Å². The smallest absolute Gasteiger partial charge is 0.248 e. The molecule has 0 radical (unpaired) electrons. The lowest BCUT2D eigenvalue weighted by atomic mass is 10.00. The van der Waals surface area contributed by atoms with Crippen LogP contribution in [-0.2, 0) is 16.3 Å². The molecule has 3 aromatic rings. The Morgan fingerprint density at radius 2 is 1.79 bits per heavy atom. The van der Waals surface area contributed by atoms with Gasteiger partial charge in [0.1, 0.15) is 0 Å². The molecule has 3 rings (SSSR count). The molecule has 0 aliphatic carbocycles. The second-order valence-corrected chi connectivity index (χ2v) is 8.14. The first-order valence-electron chi connectivity index (χ1n) is 8.57. The number of primary amides is 1. The van der Waals surface area contributed by atoms with Crippen molar-refractivity contribution in [3.8, 4) is 11.1 Å². The summed E-state index contributed by atoms with van der Waals surface area (Å²) < 4.78 is 12.0. The number of pyridine rings is 1. The Morgan fingerprint density at radius 3 is 2.43 bits per heavy atom. The zero-order valence-electron chi connectivity index (χ0n) is 15.8. The third-order valence-electron chi connectivity index (χ3n) is 4.23. The largest absolute Gasteiger partial charge is 0.366 e. The van der Waals surface area contributed by atoms with Crippen LogP contribution in [0.15, 0.2) is 59.9 Å². The number of carbonyl (C=O) groups is 1. The van der Waals surface area contributed by atoms with Crippen LogP contribution in [0.25, 0.3) is 11.1 Å². The van der Waals surface area contributed by atoms with E-state index in [1.807, 2.05) is 19.9 Å². The Balaban J connectivity index is 1.85. The molecule has 2 aromatic heterocycles. The second kappa shape index (κ2) is 7.85. The molecule has 0 saturated carbocycles. The Bertz CT molecular complexity index is 1030. The van der Waals surface area contributed by atoms with E-state index in [4.69, 9.17) is 5.73 Å². The summed E-state index contributed by atoms with van der Waals surface area (Å²) in [7, 11) is -1.16. The maximum absolute atomic E-state index is 12.0. The van der Waals surface area contributed by atoms with Crippen LogP contribution in [0.1, 0.15) is 29.9 Å². The number of hydrogen-bond acceptors (Lipinski definition) is 6. The molecule has 0 spiro atoms. The van der Waals surface area contributed by atoms with Gasteiger partial charge in [-0.15, -0.1) is 0 Å². The number of nitrogens with one attached hydrogen (secondary N) is 1. The predicted molar refractivity (Wildman–Crippen MR) is 109 cm³/mol. The molecule has 0 fully saturated rings. The first-order chi connectivity index (χ1) is 13.3. The molecular formula is C20H21N5O2S. The van der Waals surface area contributed by atoms with E-state index < -0.39 is 22.2 Å². The third kappa shape index (κ3) is 4.23. The lowest BCUT2D eigenvalue weighted by Gasteiger charge is -2.27. The van der Waals surface area contributed by atoms with Gasteiger partial charge in [-0.2, -0.15) is 0 Å². The van der Waals surface area contributed by atoms with Gasteiger partial charge in [0.2, 0.25) is 11.9 Å². The van der Waals surface area contributed by atoms with E-state index >= 15 is 0 Å². The van der Waals surface area contributed by atoms with Gasteiger partial charge in [-0.3, -0.25) is 14.0 Å². The molecule has 1 aromatic carbocycles. The monoisotopic (exact) mass is 395 g/mol. The Kier molecular flexibility index (Phi) is 5.51. The first-order valence-corrected chi connectivity index (χ1v) is 10.1. The average Bonchev–Trinajstić information content (AvgIpc) is 2.68. The van der Waals surface area contributed by atoms with Crippen molar-refractivity contribution >= 4 is 22.7 Å². The van der Waals surface area contributed by atoms with Gasteiger partial charge < -0.3 is 11.1 Å². The molecule has 2 heterocycles. The van der Waals surface area contributed by atoms with E-state index in [2.05, 4.69) is 20.3 Å². The molecule has 8 heteroatoms. The van der Waals surface area contributed by atoms with E-state index in [1.54, 1.807) is 55.2 Å². The molecule has 0 saturated heterocycles. The maximum Gasteiger partial charge on any atom is 0.248 e. The predicted octanol–water partition coefficient (Wildman–Crippen LogP) is 2.72. The van der Waals surface area contributed by atoms with E-state index in [-0.39, 0.29) is 0 Å². The molecule has 7 nitrogen and oxygen atoms in total. The van der Waals surface area contributed by atoms with Crippen molar-refractivity contribution in [3.05, 3.63) is 66.2 Å². The van der Waals surface area contributed by atoms with Gasteiger partial charge in [-0.1, -0.05) is 12.1 Å². The van der Waals surface area contributed by atoms with Crippen LogP contribution in [0.2, 0.25) is 0 Å². The van der Waals surface area contributed by atoms with Gasteiger partial charge >= 0.3 is 0 Å². The second-order valence-electron chi connectivity index (χ2n) is 6.79. The van der Waals surface area contributed by atoms with Gasteiger partial charge in [0.25, 0.3) is 0 Å². The summed E-state index contributed by atoms with van der Waals surface area (Å²) in [6.07, 6.45) is 6.64. The summed E-state index contributed by atoms with van der Waals surface area (Å²) in [6, 6.07) is 10.6. The standard InChI is InChI=1S/C20H21N5O2S/c1-20(2,17-16(28(3)27)8-5-9-22-17)25-19-23-11-15(12-24-19)13-6-4-7-14(10-13)18(21)26/h4-12H,1-3H3,(H2,21,26)(H,23,24,25). The molecule has 3 N–H and O–H groups in total. The summed E-state index contributed by atoms with van der Waals surface area (Å²) in [4.78, 5) is 25.2. The van der Waals surface area contributed by atoms with Gasteiger partial charge in [0.15, 0.2) is 0 Å². The van der Waals surface area contributed by atoms with Crippen molar-refractivity contribution < 1.29 is 9.00 Å². The number of benzene rings is 1. The van der Waals surface area contributed by atoms with Crippen LogP contribution in [-0.4, -0.2) is 31.3 Å². The Morgan fingerprint density at radius 1 is 1.07 bits per heavy atom. The van der Waals surface area contributed by atoms with Gasteiger partial charge in [-0.05, 0) is 43.7 Å². The van der Waals surface area contributed by atoms with Crippen molar-refractivity contribution in [1.82, 2.24) is 15.0 Å². The number of hydrogen-bond donors (Lipinski definition) is 2. The highest BCUT2D eigenvalue weighted by Gasteiger charge is 2.27. The fraction of sp³-hybridized carbons (Fsp3) is 0.200. The number of anilines is 1.